The lowest BCUT2D eigenvalue weighted by Gasteiger charge is -2.09. The molecule has 3 aromatic carbocycles. The summed E-state index contributed by atoms with van der Waals surface area (Å²) in [6.07, 6.45) is 1.62. The number of nitrogens with one attached hydrogen (secondary N) is 1. The molecule has 5 rings (SSSR count). The van der Waals surface area contributed by atoms with Crippen LogP contribution in [0.3, 0.4) is 0 Å². The molecule has 2 heterocycles. The minimum absolute atomic E-state index is 0.672. The van der Waals surface area contributed by atoms with Gasteiger partial charge in [0.1, 0.15) is 17.0 Å². The van der Waals surface area contributed by atoms with E-state index in [0.717, 1.165) is 37.7 Å². The molecule has 0 aliphatic rings. The first-order valence-electron chi connectivity index (χ1n) is 9.64. The molecule has 2 aromatic heterocycles. The van der Waals surface area contributed by atoms with Gasteiger partial charge in [-0.1, -0.05) is 78.3 Å². The average Bonchev–Trinajstić information content (AvgIpc) is 3.24. The molecule has 30 heavy (non-hydrogen) atoms. The van der Waals surface area contributed by atoms with Gasteiger partial charge in [0, 0.05) is 22.5 Å². The topological polar surface area (TPSA) is 37.8 Å². The molecule has 0 saturated heterocycles. The third kappa shape index (κ3) is 3.80. The van der Waals surface area contributed by atoms with Crippen molar-refractivity contribution < 1.29 is 0 Å². The van der Waals surface area contributed by atoms with Crippen molar-refractivity contribution in [3.05, 3.63) is 101 Å². The van der Waals surface area contributed by atoms with Gasteiger partial charge >= 0.3 is 0 Å². The van der Waals surface area contributed by atoms with Gasteiger partial charge in [0.2, 0.25) is 0 Å². The minimum Gasteiger partial charge on any atom is -0.365 e. The van der Waals surface area contributed by atoms with Crippen molar-refractivity contribution in [2.45, 2.75) is 6.54 Å². The molecule has 0 unspecified atom stereocenters. The Kier molecular flexibility index (Phi) is 5.18. The lowest BCUT2D eigenvalue weighted by atomic mass is 10.0. The first-order chi connectivity index (χ1) is 14.8. The van der Waals surface area contributed by atoms with E-state index in [1.165, 1.54) is 11.1 Å². The van der Waals surface area contributed by atoms with E-state index in [9.17, 15) is 0 Å². The van der Waals surface area contributed by atoms with Crippen molar-refractivity contribution in [1.82, 2.24) is 9.97 Å². The van der Waals surface area contributed by atoms with Gasteiger partial charge in [-0.2, -0.15) is 0 Å². The number of hydrogen-bond donors (Lipinski definition) is 1. The molecule has 0 spiro atoms. The number of rotatable bonds is 5. The Morgan fingerprint density at radius 2 is 1.47 bits per heavy atom. The van der Waals surface area contributed by atoms with E-state index in [-0.39, 0.29) is 0 Å². The molecular weight excluding hydrogens is 410 g/mol. The number of hydrogen-bond acceptors (Lipinski definition) is 4. The number of aromatic nitrogens is 2. The maximum absolute atomic E-state index is 5.99. The summed E-state index contributed by atoms with van der Waals surface area (Å²) in [4.78, 5) is 9.97. The predicted octanol–water partition coefficient (Wildman–Crippen LogP) is 7.29. The summed E-state index contributed by atoms with van der Waals surface area (Å²) in [7, 11) is 0. The molecule has 3 nitrogen and oxygen atoms in total. The van der Waals surface area contributed by atoms with E-state index in [1.807, 2.05) is 30.3 Å². The van der Waals surface area contributed by atoms with Gasteiger partial charge in [0.15, 0.2) is 0 Å². The van der Waals surface area contributed by atoms with Crippen molar-refractivity contribution in [3.63, 3.8) is 0 Å². The number of halogens is 1. The fraction of sp³-hybridized carbons (Fsp3) is 0.0400. The Morgan fingerprint density at radius 3 is 2.23 bits per heavy atom. The number of fused-ring (bicyclic) bond motifs is 1. The van der Waals surface area contributed by atoms with Crippen LogP contribution in [0.1, 0.15) is 5.56 Å². The quantitative estimate of drug-likeness (QED) is 0.320. The Hall–Kier alpha value is -3.21. The minimum atomic E-state index is 0.672. The van der Waals surface area contributed by atoms with Crippen LogP contribution >= 0.6 is 22.9 Å². The number of benzene rings is 3. The third-order valence-corrected chi connectivity index (χ3v) is 6.18. The van der Waals surface area contributed by atoms with Crippen molar-refractivity contribution in [3.8, 4) is 22.3 Å². The van der Waals surface area contributed by atoms with E-state index in [2.05, 4.69) is 69.2 Å². The molecule has 0 saturated carbocycles. The molecule has 0 amide bonds. The molecule has 0 bridgehead atoms. The summed E-state index contributed by atoms with van der Waals surface area (Å²) in [6.45, 7) is 0.672. The van der Waals surface area contributed by atoms with Crippen LogP contribution < -0.4 is 5.32 Å². The largest absolute Gasteiger partial charge is 0.365 e. The van der Waals surface area contributed by atoms with Gasteiger partial charge in [0.05, 0.1) is 5.39 Å². The Balaban J connectivity index is 1.47. The molecule has 0 radical (unpaired) electrons. The van der Waals surface area contributed by atoms with Gasteiger partial charge in [-0.3, -0.25) is 0 Å². The highest BCUT2D eigenvalue weighted by molar-refractivity contribution is 7.17. The SMILES string of the molecule is Clc1ccc(CNc2ncnc3scc(-c4ccc(-c5ccccc5)cc4)c23)cc1. The Labute approximate surface area is 184 Å². The van der Waals surface area contributed by atoms with E-state index in [4.69, 9.17) is 11.6 Å². The highest BCUT2D eigenvalue weighted by atomic mass is 35.5. The van der Waals surface area contributed by atoms with Gasteiger partial charge in [-0.25, -0.2) is 9.97 Å². The number of thiophene rings is 1. The van der Waals surface area contributed by atoms with Crippen molar-refractivity contribution in [1.29, 1.82) is 0 Å². The van der Waals surface area contributed by atoms with Crippen LogP contribution in [0.4, 0.5) is 5.82 Å². The third-order valence-electron chi connectivity index (χ3n) is 5.05. The van der Waals surface area contributed by atoms with E-state index < -0.39 is 0 Å². The van der Waals surface area contributed by atoms with E-state index >= 15 is 0 Å². The normalized spacial score (nSPS) is 11.0. The zero-order valence-electron chi connectivity index (χ0n) is 16.0. The fourth-order valence-corrected chi connectivity index (χ4v) is 4.52. The summed E-state index contributed by atoms with van der Waals surface area (Å²) in [5, 5.41) is 7.42. The maximum Gasteiger partial charge on any atom is 0.139 e. The Morgan fingerprint density at radius 1 is 0.767 bits per heavy atom. The molecular formula is C25H18ClN3S. The molecule has 146 valence electrons. The van der Waals surface area contributed by atoms with Crippen LogP contribution in [0.15, 0.2) is 90.6 Å². The molecule has 0 fully saturated rings. The Bertz CT molecular complexity index is 1280. The molecule has 5 heteroatoms. The highest BCUT2D eigenvalue weighted by Crippen LogP contribution is 2.37. The maximum atomic E-state index is 5.99. The smallest absolute Gasteiger partial charge is 0.139 e. The molecule has 0 aliphatic carbocycles. The van der Waals surface area contributed by atoms with E-state index in [1.54, 1.807) is 17.7 Å². The predicted molar refractivity (Wildman–Crippen MR) is 127 cm³/mol. The fourth-order valence-electron chi connectivity index (χ4n) is 3.48. The zero-order valence-corrected chi connectivity index (χ0v) is 17.6. The average molecular weight is 428 g/mol. The van der Waals surface area contributed by atoms with Crippen LogP contribution in [0, 0.1) is 0 Å². The second kappa shape index (κ2) is 8.27. The van der Waals surface area contributed by atoms with Gasteiger partial charge in [-0.15, -0.1) is 11.3 Å². The van der Waals surface area contributed by atoms with Crippen LogP contribution in [-0.2, 0) is 6.54 Å². The molecule has 0 aliphatic heterocycles. The summed E-state index contributed by atoms with van der Waals surface area (Å²) < 4.78 is 0. The molecule has 0 atom stereocenters. The second-order valence-electron chi connectivity index (χ2n) is 6.98. The van der Waals surface area contributed by atoms with E-state index in [0.29, 0.717) is 6.54 Å². The molecule has 5 aromatic rings. The van der Waals surface area contributed by atoms with Crippen LogP contribution in [-0.4, -0.2) is 9.97 Å². The van der Waals surface area contributed by atoms with Gasteiger partial charge < -0.3 is 5.32 Å². The summed E-state index contributed by atoms with van der Waals surface area (Å²) in [6, 6.07) is 26.9. The number of anilines is 1. The van der Waals surface area contributed by atoms with Crippen molar-refractivity contribution in [2.24, 2.45) is 0 Å². The second-order valence-corrected chi connectivity index (χ2v) is 8.27. The van der Waals surface area contributed by atoms with Crippen molar-refractivity contribution in [2.75, 3.05) is 5.32 Å². The standard InChI is InChI=1S/C25H18ClN3S/c26-21-12-6-17(7-13-21)14-27-24-23-22(15-30-25(23)29-16-28-24)20-10-8-19(9-11-20)18-4-2-1-3-5-18/h1-13,15-16H,14H2,(H,27,28,29). The van der Waals surface area contributed by atoms with Crippen LogP contribution in [0.25, 0.3) is 32.5 Å². The summed E-state index contributed by atoms with van der Waals surface area (Å²) in [5.74, 6) is 0.846. The lowest BCUT2D eigenvalue weighted by Crippen LogP contribution is -2.02. The highest BCUT2D eigenvalue weighted by Gasteiger charge is 2.13. The number of nitrogens with zero attached hydrogens (tertiary/aromatic N) is 2. The van der Waals surface area contributed by atoms with Gasteiger partial charge in [0.25, 0.3) is 0 Å². The van der Waals surface area contributed by atoms with Crippen LogP contribution in [0.5, 0.6) is 0 Å². The van der Waals surface area contributed by atoms with Crippen molar-refractivity contribution >= 4 is 39.0 Å². The summed E-state index contributed by atoms with van der Waals surface area (Å²) >= 11 is 7.63. The lowest BCUT2D eigenvalue weighted by molar-refractivity contribution is 1.11. The van der Waals surface area contributed by atoms with Crippen LogP contribution in [0.2, 0.25) is 5.02 Å². The zero-order chi connectivity index (χ0) is 20.3. The first kappa shape index (κ1) is 18.8. The monoisotopic (exact) mass is 427 g/mol. The summed E-state index contributed by atoms with van der Waals surface area (Å²) in [5.41, 5.74) is 5.87. The molecule has 1 N–H and O–H groups in total. The first-order valence-corrected chi connectivity index (χ1v) is 10.9. The van der Waals surface area contributed by atoms with Gasteiger partial charge in [-0.05, 0) is 34.4 Å².